The van der Waals surface area contributed by atoms with E-state index in [1.165, 1.54) is 0 Å². The summed E-state index contributed by atoms with van der Waals surface area (Å²) in [4.78, 5) is 11.7. The standard InChI is InChI=1S/C12H18N2O/c1-10(11-6-3-2-4-7-11)12(15)14-9-5-8-13/h2-4,6-7,10H,5,8-9,13H2,1H3,(H,14,15). The Kier molecular flexibility index (Phi) is 4.84. The SMILES string of the molecule is CC(C(=O)NCCCN)c1ccccc1. The van der Waals surface area contributed by atoms with Crippen molar-refractivity contribution < 1.29 is 4.79 Å². The predicted octanol–water partition coefficient (Wildman–Crippen LogP) is 1.26. The van der Waals surface area contributed by atoms with Gasteiger partial charge in [0, 0.05) is 6.54 Å². The van der Waals surface area contributed by atoms with Crippen molar-refractivity contribution >= 4 is 5.91 Å². The first kappa shape index (κ1) is 11.7. The molecule has 82 valence electrons. The summed E-state index contributed by atoms with van der Waals surface area (Å²) in [5.41, 5.74) is 6.39. The maximum Gasteiger partial charge on any atom is 0.227 e. The lowest BCUT2D eigenvalue weighted by Gasteiger charge is -2.11. The molecule has 0 saturated heterocycles. The van der Waals surface area contributed by atoms with Crippen molar-refractivity contribution in [2.24, 2.45) is 5.73 Å². The van der Waals surface area contributed by atoms with Gasteiger partial charge >= 0.3 is 0 Å². The number of hydrogen-bond donors (Lipinski definition) is 2. The molecule has 1 aromatic rings. The van der Waals surface area contributed by atoms with E-state index >= 15 is 0 Å². The third kappa shape index (κ3) is 3.72. The molecule has 1 aromatic carbocycles. The molecule has 0 aliphatic rings. The molecule has 0 aliphatic heterocycles. The van der Waals surface area contributed by atoms with Crippen molar-refractivity contribution in [2.75, 3.05) is 13.1 Å². The summed E-state index contributed by atoms with van der Waals surface area (Å²) < 4.78 is 0. The van der Waals surface area contributed by atoms with Gasteiger partial charge in [0.15, 0.2) is 0 Å². The van der Waals surface area contributed by atoms with Gasteiger partial charge in [0.25, 0.3) is 0 Å². The maximum absolute atomic E-state index is 11.7. The molecule has 0 radical (unpaired) electrons. The molecule has 1 atom stereocenters. The fourth-order valence-corrected chi connectivity index (χ4v) is 1.36. The monoisotopic (exact) mass is 206 g/mol. The molecule has 0 aromatic heterocycles. The van der Waals surface area contributed by atoms with Crippen LogP contribution in [0.25, 0.3) is 0 Å². The Bertz CT molecular complexity index is 298. The van der Waals surface area contributed by atoms with Crippen molar-refractivity contribution in [1.29, 1.82) is 0 Å². The molecular formula is C12H18N2O. The van der Waals surface area contributed by atoms with E-state index in [1.807, 2.05) is 37.3 Å². The van der Waals surface area contributed by atoms with Gasteiger partial charge in [0.05, 0.1) is 5.92 Å². The molecule has 0 fully saturated rings. The maximum atomic E-state index is 11.7. The summed E-state index contributed by atoms with van der Waals surface area (Å²) in [6, 6.07) is 9.76. The van der Waals surface area contributed by atoms with Gasteiger partial charge in [0.1, 0.15) is 0 Å². The molecule has 1 amide bonds. The molecule has 0 bridgehead atoms. The van der Waals surface area contributed by atoms with Crippen molar-refractivity contribution in [1.82, 2.24) is 5.32 Å². The van der Waals surface area contributed by atoms with Gasteiger partial charge in [-0.15, -0.1) is 0 Å². The van der Waals surface area contributed by atoms with Gasteiger partial charge in [0.2, 0.25) is 5.91 Å². The van der Waals surface area contributed by atoms with Crippen molar-refractivity contribution in [3.05, 3.63) is 35.9 Å². The minimum absolute atomic E-state index is 0.0645. The number of carbonyl (C=O) groups excluding carboxylic acids is 1. The smallest absolute Gasteiger partial charge is 0.227 e. The molecule has 3 heteroatoms. The van der Waals surface area contributed by atoms with Crippen LogP contribution in [0.15, 0.2) is 30.3 Å². The normalized spacial score (nSPS) is 12.1. The van der Waals surface area contributed by atoms with Crippen LogP contribution in [0.1, 0.15) is 24.8 Å². The lowest BCUT2D eigenvalue weighted by Crippen LogP contribution is -2.29. The van der Waals surface area contributed by atoms with Crippen molar-refractivity contribution in [3.8, 4) is 0 Å². The van der Waals surface area contributed by atoms with Crippen LogP contribution in [-0.2, 0) is 4.79 Å². The summed E-state index contributed by atoms with van der Waals surface area (Å²) in [5.74, 6) is -0.0291. The number of nitrogens with one attached hydrogen (secondary N) is 1. The number of nitrogens with two attached hydrogens (primary N) is 1. The zero-order valence-corrected chi connectivity index (χ0v) is 9.07. The number of hydrogen-bond acceptors (Lipinski definition) is 2. The number of carbonyl (C=O) groups is 1. The summed E-state index contributed by atoms with van der Waals surface area (Å²) in [7, 11) is 0. The molecule has 0 saturated carbocycles. The predicted molar refractivity (Wildman–Crippen MR) is 61.5 cm³/mol. The van der Waals surface area contributed by atoms with E-state index in [4.69, 9.17) is 5.73 Å². The molecule has 0 heterocycles. The average Bonchev–Trinajstić information content (AvgIpc) is 2.29. The first-order valence-electron chi connectivity index (χ1n) is 5.28. The topological polar surface area (TPSA) is 55.1 Å². The van der Waals surface area contributed by atoms with E-state index in [9.17, 15) is 4.79 Å². The summed E-state index contributed by atoms with van der Waals surface area (Å²) in [5, 5.41) is 2.86. The molecule has 15 heavy (non-hydrogen) atoms. The van der Waals surface area contributed by atoms with Crippen LogP contribution in [0.4, 0.5) is 0 Å². The van der Waals surface area contributed by atoms with E-state index in [0.717, 1.165) is 12.0 Å². The highest BCUT2D eigenvalue weighted by Crippen LogP contribution is 2.13. The highest BCUT2D eigenvalue weighted by atomic mass is 16.1. The van der Waals surface area contributed by atoms with Gasteiger partial charge in [-0.2, -0.15) is 0 Å². The third-order valence-corrected chi connectivity index (χ3v) is 2.37. The minimum Gasteiger partial charge on any atom is -0.356 e. The lowest BCUT2D eigenvalue weighted by molar-refractivity contribution is -0.122. The highest BCUT2D eigenvalue weighted by Gasteiger charge is 2.13. The van der Waals surface area contributed by atoms with E-state index in [0.29, 0.717) is 13.1 Å². The third-order valence-electron chi connectivity index (χ3n) is 2.37. The second-order valence-electron chi connectivity index (χ2n) is 3.57. The zero-order chi connectivity index (χ0) is 11.1. The van der Waals surface area contributed by atoms with Gasteiger partial charge in [-0.05, 0) is 25.5 Å². The quantitative estimate of drug-likeness (QED) is 0.712. The first-order chi connectivity index (χ1) is 7.25. The van der Waals surface area contributed by atoms with E-state index < -0.39 is 0 Å². The highest BCUT2D eigenvalue weighted by molar-refractivity contribution is 5.83. The molecule has 1 unspecified atom stereocenters. The Balaban J connectivity index is 2.46. The molecule has 3 N–H and O–H groups in total. The Hall–Kier alpha value is -1.35. The van der Waals surface area contributed by atoms with Gasteiger partial charge in [-0.3, -0.25) is 4.79 Å². The number of rotatable bonds is 5. The summed E-state index contributed by atoms with van der Waals surface area (Å²) in [6.07, 6.45) is 0.827. The fraction of sp³-hybridized carbons (Fsp3) is 0.417. The molecule has 0 aliphatic carbocycles. The largest absolute Gasteiger partial charge is 0.356 e. The molecule has 0 spiro atoms. The fourth-order valence-electron chi connectivity index (χ4n) is 1.36. The van der Waals surface area contributed by atoms with E-state index in [1.54, 1.807) is 0 Å². The summed E-state index contributed by atoms with van der Waals surface area (Å²) in [6.45, 7) is 3.18. The Labute approximate surface area is 90.7 Å². The van der Waals surface area contributed by atoms with Crippen LogP contribution < -0.4 is 11.1 Å². The van der Waals surface area contributed by atoms with Gasteiger partial charge in [-0.25, -0.2) is 0 Å². The molecule has 1 rings (SSSR count). The van der Waals surface area contributed by atoms with E-state index in [-0.39, 0.29) is 11.8 Å². The van der Waals surface area contributed by atoms with Crippen LogP contribution in [-0.4, -0.2) is 19.0 Å². The van der Waals surface area contributed by atoms with Gasteiger partial charge in [-0.1, -0.05) is 30.3 Å². The molecular weight excluding hydrogens is 188 g/mol. The second kappa shape index (κ2) is 6.19. The van der Waals surface area contributed by atoms with Crippen LogP contribution in [0.5, 0.6) is 0 Å². The Morgan fingerprint density at radius 2 is 2.07 bits per heavy atom. The number of benzene rings is 1. The van der Waals surface area contributed by atoms with E-state index in [2.05, 4.69) is 5.32 Å². The van der Waals surface area contributed by atoms with Crippen molar-refractivity contribution in [2.45, 2.75) is 19.3 Å². The van der Waals surface area contributed by atoms with Crippen molar-refractivity contribution in [3.63, 3.8) is 0 Å². The Morgan fingerprint density at radius 3 is 2.67 bits per heavy atom. The lowest BCUT2D eigenvalue weighted by atomic mass is 10.0. The van der Waals surface area contributed by atoms with Crippen LogP contribution in [0, 0.1) is 0 Å². The second-order valence-corrected chi connectivity index (χ2v) is 3.57. The van der Waals surface area contributed by atoms with Crippen LogP contribution in [0.3, 0.4) is 0 Å². The minimum atomic E-state index is -0.0935. The van der Waals surface area contributed by atoms with Crippen LogP contribution in [0.2, 0.25) is 0 Å². The first-order valence-corrected chi connectivity index (χ1v) is 5.28. The summed E-state index contributed by atoms with van der Waals surface area (Å²) >= 11 is 0. The van der Waals surface area contributed by atoms with Gasteiger partial charge < -0.3 is 11.1 Å². The van der Waals surface area contributed by atoms with Crippen LogP contribution >= 0.6 is 0 Å². The average molecular weight is 206 g/mol. The zero-order valence-electron chi connectivity index (χ0n) is 9.07. The molecule has 3 nitrogen and oxygen atoms in total. The Morgan fingerprint density at radius 1 is 1.40 bits per heavy atom. The number of amides is 1.